The van der Waals surface area contributed by atoms with Crippen molar-refractivity contribution in [3.8, 4) is 28.5 Å². The summed E-state index contributed by atoms with van der Waals surface area (Å²) in [5.41, 5.74) is 1.74. The smallest absolute Gasteiger partial charge is 0.387 e. The van der Waals surface area contributed by atoms with Crippen molar-refractivity contribution in [3.63, 3.8) is 0 Å². The summed E-state index contributed by atoms with van der Waals surface area (Å²) in [6, 6.07) is 7.10. The third kappa shape index (κ3) is 5.32. The zero-order valence-corrected chi connectivity index (χ0v) is 19.4. The number of aromatic nitrogens is 2. The van der Waals surface area contributed by atoms with E-state index in [1.807, 2.05) is 22.7 Å². The van der Waals surface area contributed by atoms with Gasteiger partial charge in [-0.3, -0.25) is 9.20 Å². The second-order valence-corrected chi connectivity index (χ2v) is 8.87. The second-order valence-electron chi connectivity index (χ2n) is 8.87. The number of hydrogen-bond acceptors (Lipinski definition) is 6. The van der Waals surface area contributed by atoms with E-state index in [9.17, 15) is 13.6 Å². The van der Waals surface area contributed by atoms with Crippen LogP contribution in [0.25, 0.3) is 16.9 Å². The van der Waals surface area contributed by atoms with E-state index < -0.39 is 12.5 Å². The van der Waals surface area contributed by atoms with Gasteiger partial charge >= 0.3 is 6.61 Å². The van der Waals surface area contributed by atoms with Crippen molar-refractivity contribution in [1.82, 2.24) is 20.0 Å². The molecule has 1 aromatic carbocycles. The van der Waals surface area contributed by atoms with E-state index in [-0.39, 0.29) is 24.5 Å². The van der Waals surface area contributed by atoms with Crippen molar-refractivity contribution in [2.75, 3.05) is 20.3 Å². The molecule has 1 aliphatic carbocycles. The molecule has 35 heavy (non-hydrogen) atoms. The van der Waals surface area contributed by atoms with Crippen LogP contribution in [-0.4, -0.2) is 54.2 Å². The van der Waals surface area contributed by atoms with Gasteiger partial charge in [0.1, 0.15) is 35.1 Å². The van der Waals surface area contributed by atoms with Gasteiger partial charge in [-0.2, -0.15) is 8.78 Å². The van der Waals surface area contributed by atoms with Crippen molar-refractivity contribution < 1.29 is 29.2 Å². The largest absolute Gasteiger partial charge is 0.496 e. The number of carbonyl (C=O) groups excluding carboxylic acids is 1. The maximum atomic E-state index is 13.2. The summed E-state index contributed by atoms with van der Waals surface area (Å²) < 4.78 is 44.4. The number of rotatable bonds is 9. The molecule has 1 aliphatic heterocycles. The molecular weight excluding hydrogens is 458 g/mol. The topological polar surface area (TPSA) is 86.1 Å². The predicted octanol–water partition coefficient (Wildman–Crippen LogP) is 4.27. The number of carbonyl (C=O) groups is 1. The van der Waals surface area contributed by atoms with E-state index in [1.165, 1.54) is 26.0 Å². The zero-order valence-electron chi connectivity index (χ0n) is 19.4. The Labute approximate surface area is 203 Å². The van der Waals surface area contributed by atoms with Gasteiger partial charge in [0.25, 0.3) is 5.91 Å². The van der Waals surface area contributed by atoms with Crippen LogP contribution in [0.1, 0.15) is 43.9 Å². The Morgan fingerprint density at radius 1 is 1.26 bits per heavy atom. The number of pyridine rings is 1. The van der Waals surface area contributed by atoms with Gasteiger partial charge in [0, 0.05) is 31.3 Å². The third-order valence-electron chi connectivity index (χ3n) is 6.29. The number of imidazole rings is 1. The minimum atomic E-state index is -3.09. The van der Waals surface area contributed by atoms with Crippen LogP contribution < -0.4 is 24.8 Å². The van der Waals surface area contributed by atoms with Gasteiger partial charge in [0.05, 0.1) is 19.0 Å². The van der Waals surface area contributed by atoms with Crippen LogP contribution in [0, 0.1) is 0 Å². The Balaban J connectivity index is 0.00000304. The summed E-state index contributed by atoms with van der Waals surface area (Å²) >= 11 is 0. The molecule has 1 atom stereocenters. The van der Waals surface area contributed by atoms with E-state index in [0.29, 0.717) is 35.3 Å². The van der Waals surface area contributed by atoms with Crippen molar-refractivity contribution in [2.45, 2.75) is 50.8 Å². The molecule has 2 aliphatic rings. The number of halogens is 2. The zero-order chi connectivity index (χ0) is 24.4. The fourth-order valence-corrected chi connectivity index (χ4v) is 4.33. The Hall–Kier alpha value is -3.40. The Morgan fingerprint density at radius 3 is 2.80 bits per heavy atom. The highest BCUT2D eigenvalue weighted by Gasteiger charge is 2.29. The van der Waals surface area contributed by atoms with E-state index in [0.717, 1.165) is 25.8 Å². The Bertz CT molecular complexity index is 1210. The number of fused-ring (bicyclic) bond motifs is 1. The van der Waals surface area contributed by atoms with Crippen molar-refractivity contribution >= 4 is 11.6 Å². The fraction of sp³-hybridized carbons (Fsp3) is 0.440. The molecule has 1 unspecified atom stereocenters. The van der Waals surface area contributed by atoms with Crippen LogP contribution in [0.3, 0.4) is 0 Å². The predicted molar refractivity (Wildman–Crippen MR) is 128 cm³/mol. The Morgan fingerprint density at radius 2 is 2.09 bits per heavy atom. The van der Waals surface area contributed by atoms with Gasteiger partial charge in [0.15, 0.2) is 0 Å². The molecule has 0 radical (unpaired) electrons. The highest BCUT2D eigenvalue weighted by atomic mass is 19.3. The normalized spacial score (nSPS) is 18.0. The Kier molecular flexibility index (Phi) is 6.72. The number of benzene rings is 1. The number of nitrogens with one attached hydrogen (secondary N) is 2. The van der Waals surface area contributed by atoms with Gasteiger partial charge in [-0.05, 0) is 50.4 Å². The summed E-state index contributed by atoms with van der Waals surface area (Å²) in [6.07, 6.45) is 8.66. The van der Waals surface area contributed by atoms with Gasteiger partial charge in [0.2, 0.25) is 0 Å². The maximum Gasteiger partial charge on any atom is 0.387 e. The molecule has 2 fully saturated rings. The number of nitrogens with zero attached hydrogens (tertiary/aromatic N) is 2. The molecule has 5 rings (SSSR count). The first kappa shape index (κ1) is 23.3. The molecule has 2 aromatic heterocycles. The summed E-state index contributed by atoms with van der Waals surface area (Å²) in [5.74, 6) is 0.0981. The molecule has 1 saturated heterocycles. The number of methoxy groups -OCH3 is 1. The van der Waals surface area contributed by atoms with Crippen LogP contribution in [-0.2, 0) is 0 Å². The average molecular weight is 489 g/mol. The minimum Gasteiger partial charge on any atom is -0.496 e. The molecular formula is C25H30F2N4O4. The van der Waals surface area contributed by atoms with Crippen LogP contribution >= 0.6 is 0 Å². The molecule has 0 spiro atoms. The lowest BCUT2D eigenvalue weighted by Crippen LogP contribution is -2.38. The standard InChI is InChI=1S/C25H28F2N4O4.H2/c1-33-20-10-15(11-21(35-25(26)27)23(20)24(32)30-16-5-6-16)19-13-29-22-12-18(7-9-31(19)22)34-14-17-4-2-3-8-28-17;/h7,9-13,16-17,25,28H,2-6,8,14H2,1H3,(H,30,32);1H. The summed E-state index contributed by atoms with van der Waals surface area (Å²) in [6.45, 7) is -1.50. The van der Waals surface area contributed by atoms with Gasteiger partial charge < -0.3 is 24.8 Å². The van der Waals surface area contributed by atoms with Crippen LogP contribution in [0.15, 0.2) is 36.7 Å². The first-order valence-electron chi connectivity index (χ1n) is 11.8. The van der Waals surface area contributed by atoms with Crippen molar-refractivity contribution in [3.05, 3.63) is 42.2 Å². The average Bonchev–Trinajstić information content (AvgIpc) is 3.57. The molecule has 1 amide bonds. The molecule has 8 nitrogen and oxygen atoms in total. The number of ether oxygens (including phenoxy) is 3. The molecule has 3 aromatic rings. The number of piperidine rings is 1. The van der Waals surface area contributed by atoms with E-state index in [1.54, 1.807) is 12.3 Å². The number of hydrogen-bond donors (Lipinski definition) is 2. The monoisotopic (exact) mass is 488 g/mol. The lowest BCUT2D eigenvalue weighted by molar-refractivity contribution is -0.0502. The molecule has 3 heterocycles. The molecule has 10 heteroatoms. The van der Waals surface area contributed by atoms with E-state index in [4.69, 9.17) is 14.2 Å². The number of amides is 1. The highest BCUT2D eigenvalue weighted by Crippen LogP contribution is 2.37. The lowest BCUT2D eigenvalue weighted by Gasteiger charge is -2.23. The van der Waals surface area contributed by atoms with Crippen molar-refractivity contribution in [2.24, 2.45) is 0 Å². The van der Waals surface area contributed by atoms with Crippen molar-refractivity contribution in [1.29, 1.82) is 0 Å². The number of alkyl halides is 2. The van der Waals surface area contributed by atoms with Gasteiger partial charge in [-0.25, -0.2) is 4.98 Å². The van der Waals surface area contributed by atoms with Crippen LogP contribution in [0.2, 0.25) is 0 Å². The van der Waals surface area contributed by atoms with Gasteiger partial charge in [-0.1, -0.05) is 6.42 Å². The SMILES string of the molecule is COc1cc(-c2cnc3cc(OCC4CCCCN4)ccn23)cc(OC(F)F)c1C(=O)NC1CC1.[HH]. The minimum absolute atomic E-state index is 0. The molecule has 1 saturated carbocycles. The van der Waals surface area contributed by atoms with Crippen LogP contribution in [0.4, 0.5) is 8.78 Å². The van der Waals surface area contributed by atoms with E-state index in [2.05, 4.69) is 15.6 Å². The summed E-state index contributed by atoms with van der Waals surface area (Å²) in [7, 11) is 1.39. The van der Waals surface area contributed by atoms with Gasteiger partial charge in [-0.15, -0.1) is 0 Å². The first-order chi connectivity index (χ1) is 17.0. The first-order valence-corrected chi connectivity index (χ1v) is 11.8. The molecule has 188 valence electrons. The summed E-state index contributed by atoms with van der Waals surface area (Å²) in [5, 5.41) is 6.26. The fourth-order valence-electron chi connectivity index (χ4n) is 4.33. The molecule has 0 bridgehead atoms. The highest BCUT2D eigenvalue weighted by molar-refractivity contribution is 6.01. The van der Waals surface area contributed by atoms with Crippen LogP contribution in [0.5, 0.6) is 17.2 Å². The lowest BCUT2D eigenvalue weighted by atomic mass is 10.1. The van der Waals surface area contributed by atoms with E-state index >= 15 is 0 Å². The quantitative estimate of drug-likeness (QED) is 0.468. The third-order valence-corrected chi connectivity index (χ3v) is 6.29. The molecule has 2 N–H and O–H groups in total. The summed E-state index contributed by atoms with van der Waals surface area (Å²) in [4.78, 5) is 17.2. The maximum absolute atomic E-state index is 13.2. The second kappa shape index (κ2) is 10.1.